The lowest BCUT2D eigenvalue weighted by molar-refractivity contribution is 0.981. The van der Waals surface area contributed by atoms with E-state index in [9.17, 15) is 4.79 Å². The van der Waals surface area contributed by atoms with E-state index in [1.807, 2.05) is 0 Å². The van der Waals surface area contributed by atoms with Crippen LogP contribution in [-0.2, 0) is 0 Å². The number of rotatable bonds is 2. The van der Waals surface area contributed by atoms with Crippen molar-refractivity contribution in [3.05, 3.63) is 21.6 Å². The Labute approximate surface area is 73.9 Å². The average molecular weight is 186 g/mol. The topological polar surface area (TPSA) is 57.8 Å². The van der Waals surface area contributed by atoms with Crippen LogP contribution in [0.5, 0.6) is 0 Å². The number of anilines is 1. The summed E-state index contributed by atoms with van der Waals surface area (Å²) in [5, 5.41) is 9.20. The summed E-state index contributed by atoms with van der Waals surface area (Å²) in [7, 11) is 0. The molecule has 0 bridgehead atoms. The van der Waals surface area contributed by atoms with Gasteiger partial charge in [0.05, 0.1) is 11.9 Å². The third-order valence-electron chi connectivity index (χ3n) is 1.73. The van der Waals surface area contributed by atoms with Gasteiger partial charge in [0.25, 0.3) is 5.56 Å². The molecule has 1 aliphatic rings. The Hall–Kier alpha value is -1.03. The van der Waals surface area contributed by atoms with Crippen LogP contribution in [0, 0.1) is 0 Å². The summed E-state index contributed by atoms with van der Waals surface area (Å²) in [5.74, 6) is 0. The highest BCUT2D eigenvalue weighted by atomic mass is 35.5. The van der Waals surface area contributed by atoms with E-state index in [-0.39, 0.29) is 10.6 Å². The molecule has 1 fully saturated rings. The molecule has 1 aromatic heterocycles. The Bertz CT molecular complexity index is 345. The van der Waals surface area contributed by atoms with Gasteiger partial charge in [-0.3, -0.25) is 4.79 Å². The molecule has 1 heterocycles. The van der Waals surface area contributed by atoms with Crippen molar-refractivity contribution in [2.45, 2.75) is 18.9 Å². The van der Waals surface area contributed by atoms with Crippen molar-refractivity contribution in [1.29, 1.82) is 0 Å². The predicted octanol–water partition coefficient (Wildman–Crippen LogP) is 0.998. The largest absolute Gasteiger partial charge is 0.380 e. The standard InChI is InChI=1S/C7H8ClN3O/c8-6-5(10-4-1-2-4)3-9-11-7(6)12/h3-4H,1-2H2,(H2,10,11,12). The zero-order valence-electron chi connectivity index (χ0n) is 6.30. The lowest BCUT2D eigenvalue weighted by Gasteiger charge is -2.03. The molecule has 0 aromatic carbocycles. The zero-order chi connectivity index (χ0) is 8.55. The molecule has 0 amide bonds. The van der Waals surface area contributed by atoms with Crippen molar-refractivity contribution in [3.63, 3.8) is 0 Å². The van der Waals surface area contributed by atoms with E-state index in [0.717, 1.165) is 12.8 Å². The number of hydrogen-bond acceptors (Lipinski definition) is 3. The first kappa shape index (κ1) is 7.61. The van der Waals surface area contributed by atoms with Gasteiger partial charge in [-0.2, -0.15) is 5.10 Å². The molecule has 0 unspecified atom stereocenters. The van der Waals surface area contributed by atoms with Gasteiger partial charge in [0, 0.05) is 6.04 Å². The van der Waals surface area contributed by atoms with Crippen LogP contribution in [-0.4, -0.2) is 16.2 Å². The SMILES string of the molecule is O=c1[nH]ncc(NC2CC2)c1Cl. The fourth-order valence-electron chi connectivity index (χ4n) is 0.932. The molecule has 5 heteroatoms. The van der Waals surface area contributed by atoms with E-state index in [1.54, 1.807) is 0 Å². The Morgan fingerprint density at radius 2 is 2.42 bits per heavy atom. The monoisotopic (exact) mass is 185 g/mol. The number of aromatic amines is 1. The Morgan fingerprint density at radius 3 is 3.08 bits per heavy atom. The van der Waals surface area contributed by atoms with Crippen molar-refractivity contribution in [2.75, 3.05) is 5.32 Å². The molecule has 2 N–H and O–H groups in total. The number of nitrogens with zero attached hydrogens (tertiary/aromatic N) is 1. The minimum absolute atomic E-state index is 0.192. The minimum Gasteiger partial charge on any atom is -0.380 e. The van der Waals surface area contributed by atoms with E-state index in [0.29, 0.717) is 11.7 Å². The molecule has 0 spiro atoms. The first-order chi connectivity index (χ1) is 5.77. The van der Waals surface area contributed by atoms with Crippen LogP contribution >= 0.6 is 11.6 Å². The van der Waals surface area contributed by atoms with Crippen LogP contribution in [0.1, 0.15) is 12.8 Å². The maximum Gasteiger partial charge on any atom is 0.285 e. The first-order valence-corrected chi connectivity index (χ1v) is 4.15. The molecule has 12 heavy (non-hydrogen) atoms. The smallest absolute Gasteiger partial charge is 0.285 e. The predicted molar refractivity (Wildman–Crippen MR) is 46.5 cm³/mol. The lowest BCUT2D eigenvalue weighted by atomic mass is 10.4. The normalized spacial score (nSPS) is 16.1. The number of H-pyrrole nitrogens is 1. The van der Waals surface area contributed by atoms with E-state index in [2.05, 4.69) is 15.5 Å². The molecule has 1 saturated carbocycles. The van der Waals surface area contributed by atoms with Crippen molar-refractivity contribution < 1.29 is 0 Å². The van der Waals surface area contributed by atoms with Crippen molar-refractivity contribution in [2.24, 2.45) is 0 Å². The molecule has 0 radical (unpaired) electrons. The molecule has 2 rings (SSSR count). The number of nitrogens with one attached hydrogen (secondary N) is 2. The van der Waals surface area contributed by atoms with Crippen molar-refractivity contribution >= 4 is 17.3 Å². The third-order valence-corrected chi connectivity index (χ3v) is 2.11. The maximum atomic E-state index is 11.0. The lowest BCUT2D eigenvalue weighted by Crippen LogP contribution is -2.12. The molecule has 1 aromatic rings. The number of halogens is 1. The van der Waals surface area contributed by atoms with E-state index < -0.39 is 0 Å². The summed E-state index contributed by atoms with van der Waals surface area (Å²) in [6.45, 7) is 0. The highest BCUT2D eigenvalue weighted by molar-refractivity contribution is 6.32. The van der Waals surface area contributed by atoms with Gasteiger partial charge < -0.3 is 5.32 Å². The summed E-state index contributed by atoms with van der Waals surface area (Å²) in [5.41, 5.74) is 0.283. The van der Waals surface area contributed by atoms with Crippen LogP contribution in [0.2, 0.25) is 5.02 Å². The van der Waals surface area contributed by atoms with Gasteiger partial charge in [0.1, 0.15) is 5.02 Å². The van der Waals surface area contributed by atoms with Gasteiger partial charge >= 0.3 is 0 Å². The fraction of sp³-hybridized carbons (Fsp3) is 0.429. The first-order valence-electron chi connectivity index (χ1n) is 3.77. The molecule has 1 aliphatic carbocycles. The summed E-state index contributed by atoms with van der Waals surface area (Å²) < 4.78 is 0. The van der Waals surface area contributed by atoms with Crippen LogP contribution in [0.3, 0.4) is 0 Å². The maximum absolute atomic E-state index is 11.0. The van der Waals surface area contributed by atoms with E-state index in [1.165, 1.54) is 6.20 Å². The summed E-state index contributed by atoms with van der Waals surface area (Å²) in [6, 6.07) is 0.478. The molecule has 64 valence electrons. The second kappa shape index (κ2) is 2.79. The van der Waals surface area contributed by atoms with Crippen LogP contribution in [0.4, 0.5) is 5.69 Å². The van der Waals surface area contributed by atoms with Crippen LogP contribution in [0.15, 0.2) is 11.0 Å². The van der Waals surface area contributed by atoms with Crippen LogP contribution in [0.25, 0.3) is 0 Å². The van der Waals surface area contributed by atoms with Gasteiger partial charge in [-0.25, -0.2) is 5.10 Å². The Morgan fingerprint density at radius 1 is 1.67 bits per heavy atom. The fourth-order valence-corrected chi connectivity index (χ4v) is 1.08. The number of aromatic nitrogens is 2. The molecular formula is C7H8ClN3O. The number of hydrogen-bond donors (Lipinski definition) is 2. The van der Waals surface area contributed by atoms with Gasteiger partial charge in [-0.15, -0.1) is 0 Å². The van der Waals surface area contributed by atoms with Crippen LogP contribution < -0.4 is 10.9 Å². The van der Waals surface area contributed by atoms with Gasteiger partial charge in [0.15, 0.2) is 0 Å². The summed E-state index contributed by atoms with van der Waals surface area (Å²) >= 11 is 5.72. The molecule has 4 nitrogen and oxygen atoms in total. The van der Waals surface area contributed by atoms with Gasteiger partial charge in [-0.1, -0.05) is 11.6 Å². The Kier molecular flexibility index (Phi) is 1.77. The highest BCUT2D eigenvalue weighted by Crippen LogP contribution is 2.26. The highest BCUT2D eigenvalue weighted by Gasteiger charge is 2.22. The molecule has 0 atom stereocenters. The van der Waals surface area contributed by atoms with E-state index in [4.69, 9.17) is 11.6 Å². The summed E-state index contributed by atoms with van der Waals surface area (Å²) in [6.07, 6.45) is 3.81. The van der Waals surface area contributed by atoms with E-state index >= 15 is 0 Å². The minimum atomic E-state index is -0.345. The second-order valence-corrected chi connectivity index (χ2v) is 3.22. The third kappa shape index (κ3) is 1.43. The van der Waals surface area contributed by atoms with Gasteiger partial charge in [-0.05, 0) is 12.8 Å². The second-order valence-electron chi connectivity index (χ2n) is 2.85. The molecular weight excluding hydrogens is 178 g/mol. The van der Waals surface area contributed by atoms with Gasteiger partial charge in [0.2, 0.25) is 0 Å². The van der Waals surface area contributed by atoms with Crippen molar-refractivity contribution in [1.82, 2.24) is 10.2 Å². The molecule has 0 aliphatic heterocycles. The summed E-state index contributed by atoms with van der Waals surface area (Å²) in [4.78, 5) is 11.0. The zero-order valence-corrected chi connectivity index (χ0v) is 7.06. The van der Waals surface area contributed by atoms with Crippen molar-refractivity contribution in [3.8, 4) is 0 Å². The average Bonchev–Trinajstić information content (AvgIpc) is 2.83. The Balaban J connectivity index is 2.29. The molecule has 0 saturated heterocycles. The quantitative estimate of drug-likeness (QED) is 0.723.